The van der Waals surface area contributed by atoms with Gasteiger partial charge in [-0.1, -0.05) is 0 Å². The van der Waals surface area contributed by atoms with Gasteiger partial charge in [-0.3, -0.25) is 23.8 Å². The highest BCUT2D eigenvalue weighted by molar-refractivity contribution is 7.15. The number of rotatable bonds is 5. The molecule has 2 aromatic heterocycles. The Bertz CT molecular complexity index is 1120. The van der Waals surface area contributed by atoms with Crippen molar-refractivity contribution in [3.8, 4) is 0 Å². The highest BCUT2D eigenvalue weighted by Gasteiger charge is 2.26. The zero-order valence-corrected chi connectivity index (χ0v) is 17.2. The number of piperazine rings is 1. The summed E-state index contributed by atoms with van der Waals surface area (Å²) < 4.78 is 28.3. The summed E-state index contributed by atoms with van der Waals surface area (Å²) in [5.74, 6) is -1.83. The molecule has 1 aromatic carbocycles. The van der Waals surface area contributed by atoms with Crippen LogP contribution >= 0.6 is 11.3 Å². The maximum atomic E-state index is 13.8. The van der Waals surface area contributed by atoms with Gasteiger partial charge in [-0.2, -0.15) is 0 Å². The summed E-state index contributed by atoms with van der Waals surface area (Å²) in [4.78, 5) is 34.0. The van der Waals surface area contributed by atoms with Crippen LogP contribution in [0.1, 0.15) is 12.6 Å². The fourth-order valence-electron chi connectivity index (χ4n) is 3.50. The molecule has 30 heavy (non-hydrogen) atoms. The molecule has 1 unspecified atom stereocenters. The average molecular weight is 433 g/mol. The predicted octanol–water partition coefficient (Wildman–Crippen LogP) is 2.18. The van der Waals surface area contributed by atoms with Crippen molar-refractivity contribution in [3.63, 3.8) is 0 Å². The number of halogens is 2. The lowest BCUT2D eigenvalue weighted by atomic mass is 10.2. The average Bonchev–Trinajstić information content (AvgIpc) is 3.19. The Kier molecular flexibility index (Phi) is 5.89. The zero-order chi connectivity index (χ0) is 21.3. The Morgan fingerprint density at radius 1 is 1.23 bits per heavy atom. The summed E-state index contributed by atoms with van der Waals surface area (Å²) in [6, 6.07) is 4.16. The molecule has 7 nitrogen and oxygen atoms in total. The zero-order valence-electron chi connectivity index (χ0n) is 16.3. The van der Waals surface area contributed by atoms with Crippen molar-refractivity contribution in [3.05, 3.63) is 63.5 Å². The van der Waals surface area contributed by atoms with Crippen molar-refractivity contribution in [2.24, 2.45) is 0 Å². The lowest BCUT2D eigenvalue weighted by Crippen LogP contribution is -2.52. The standard InChI is InChI=1S/C20H21F2N5O2S/c1-13(19(29)24-17-3-2-14(21)10-16(17)22)26-6-4-25(5-7-26)12-15-11-18(28)27-8-9-30-20(27)23-15/h2-3,8-11,13H,4-7,12H2,1H3,(H,24,29). The van der Waals surface area contributed by atoms with E-state index in [1.165, 1.54) is 21.8 Å². The van der Waals surface area contributed by atoms with E-state index in [1.807, 2.05) is 10.3 Å². The van der Waals surface area contributed by atoms with Gasteiger partial charge in [0.15, 0.2) is 4.96 Å². The molecule has 158 valence electrons. The first kappa shape index (κ1) is 20.6. The molecule has 1 saturated heterocycles. The van der Waals surface area contributed by atoms with Crippen molar-refractivity contribution < 1.29 is 13.6 Å². The van der Waals surface area contributed by atoms with Gasteiger partial charge in [-0.25, -0.2) is 13.8 Å². The number of carbonyl (C=O) groups is 1. The number of amides is 1. The highest BCUT2D eigenvalue weighted by atomic mass is 32.1. The Morgan fingerprint density at radius 2 is 2.00 bits per heavy atom. The van der Waals surface area contributed by atoms with E-state index in [1.54, 1.807) is 19.2 Å². The third-order valence-electron chi connectivity index (χ3n) is 5.26. The highest BCUT2D eigenvalue weighted by Crippen LogP contribution is 2.17. The van der Waals surface area contributed by atoms with Crippen LogP contribution in [-0.4, -0.2) is 57.3 Å². The minimum atomic E-state index is -0.800. The second-order valence-electron chi connectivity index (χ2n) is 7.24. The topological polar surface area (TPSA) is 70.0 Å². The Labute approximate surface area is 175 Å². The van der Waals surface area contributed by atoms with E-state index in [-0.39, 0.29) is 17.2 Å². The number of carbonyl (C=O) groups excluding carboxylic acids is 1. The number of anilines is 1. The third-order valence-corrected chi connectivity index (χ3v) is 6.02. The van der Waals surface area contributed by atoms with Gasteiger partial charge in [0.25, 0.3) is 5.56 Å². The first-order chi connectivity index (χ1) is 14.4. The second kappa shape index (κ2) is 8.58. The van der Waals surface area contributed by atoms with Crippen molar-refractivity contribution in [1.29, 1.82) is 0 Å². The number of fused-ring (bicyclic) bond motifs is 1. The number of thiazole rings is 1. The summed E-state index contributed by atoms with van der Waals surface area (Å²) in [5.41, 5.74) is 0.606. The maximum Gasteiger partial charge on any atom is 0.258 e. The summed E-state index contributed by atoms with van der Waals surface area (Å²) in [6.45, 7) is 5.07. The van der Waals surface area contributed by atoms with E-state index in [9.17, 15) is 18.4 Å². The number of nitrogens with zero attached hydrogens (tertiary/aromatic N) is 4. The molecule has 0 aliphatic carbocycles. The van der Waals surface area contributed by atoms with Gasteiger partial charge in [0.2, 0.25) is 5.91 Å². The van der Waals surface area contributed by atoms with Crippen molar-refractivity contribution in [2.75, 3.05) is 31.5 Å². The minimum Gasteiger partial charge on any atom is -0.322 e. The maximum absolute atomic E-state index is 13.8. The molecule has 0 spiro atoms. The summed E-state index contributed by atoms with van der Waals surface area (Å²) in [7, 11) is 0. The van der Waals surface area contributed by atoms with E-state index >= 15 is 0 Å². The molecule has 1 atom stereocenters. The van der Waals surface area contributed by atoms with Crippen molar-refractivity contribution in [1.82, 2.24) is 19.2 Å². The number of aromatic nitrogens is 2. The van der Waals surface area contributed by atoms with Gasteiger partial charge in [0.05, 0.1) is 17.4 Å². The van der Waals surface area contributed by atoms with E-state index in [4.69, 9.17) is 0 Å². The third kappa shape index (κ3) is 4.40. The quantitative estimate of drug-likeness (QED) is 0.668. The van der Waals surface area contributed by atoms with Gasteiger partial charge in [0, 0.05) is 56.4 Å². The van der Waals surface area contributed by atoms with Crippen LogP contribution in [0.15, 0.2) is 40.6 Å². The van der Waals surface area contributed by atoms with Gasteiger partial charge in [-0.15, -0.1) is 11.3 Å². The first-order valence-electron chi connectivity index (χ1n) is 9.59. The van der Waals surface area contributed by atoms with Crippen LogP contribution in [0.2, 0.25) is 0 Å². The fraction of sp³-hybridized carbons (Fsp3) is 0.350. The minimum absolute atomic E-state index is 0.0341. The fourth-order valence-corrected chi connectivity index (χ4v) is 4.24. The Balaban J connectivity index is 1.33. The van der Waals surface area contributed by atoms with Crippen LogP contribution in [0.3, 0.4) is 0 Å². The van der Waals surface area contributed by atoms with E-state index in [0.717, 1.165) is 17.8 Å². The molecule has 0 saturated carbocycles. The summed E-state index contributed by atoms with van der Waals surface area (Å²) >= 11 is 1.42. The van der Waals surface area contributed by atoms with Crippen LogP contribution < -0.4 is 10.9 Å². The smallest absolute Gasteiger partial charge is 0.258 e. The molecule has 1 N–H and O–H groups in total. The van der Waals surface area contributed by atoms with E-state index in [0.29, 0.717) is 37.7 Å². The second-order valence-corrected chi connectivity index (χ2v) is 8.12. The van der Waals surface area contributed by atoms with Crippen molar-refractivity contribution >= 4 is 27.9 Å². The van der Waals surface area contributed by atoms with Gasteiger partial charge < -0.3 is 5.32 Å². The number of nitrogens with one attached hydrogen (secondary N) is 1. The molecule has 1 aliphatic rings. The monoisotopic (exact) mass is 433 g/mol. The first-order valence-corrected chi connectivity index (χ1v) is 10.5. The molecule has 3 aromatic rings. The van der Waals surface area contributed by atoms with Gasteiger partial charge >= 0.3 is 0 Å². The molecule has 10 heteroatoms. The molecular weight excluding hydrogens is 412 g/mol. The molecule has 0 radical (unpaired) electrons. The molecular formula is C20H21F2N5O2S. The number of hydrogen-bond donors (Lipinski definition) is 1. The van der Waals surface area contributed by atoms with Crippen LogP contribution in [0, 0.1) is 11.6 Å². The Morgan fingerprint density at radius 3 is 2.73 bits per heavy atom. The molecule has 0 bridgehead atoms. The Hall–Kier alpha value is -2.69. The molecule has 1 aliphatic heterocycles. The molecule has 3 heterocycles. The molecule has 1 fully saturated rings. The normalized spacial score (nSPS) is 16.6. The molecule has 1 amide bonds. The number of benzene rings is 1. The lowest BCUT2D eigenvalue weighted by molar-refractivity contribution is -0.121. The SMILES string of the molecule is CC(C(=O)Nc1ccc(F)cc1F)N1CCN(Cc2cc(=O)n3ccsc3n2)CC1. The summed E-state index contributed by atoms with van der Waals surface area (Å²) in [6.07, 6.45) is 1.71. The van der Waals surface area contributed by atoms with E-state index in [2.05, 4.69) is 15.2 Å². The van der Waals surface area contributed by atoms with Crippen LogP contribution in [0.4, 0.5) is 14.5 Å². The van der Waals surface area contributed by atoms with Gasteiger partial charge in [0.1, 0.15) is 11.6 Å². The lowest BCUT2D eigenvalue weighted by Gasteiger charge is -2.37. The van der Waals surface area contributed by atoms with E-state index < -0.39 is 17.7 Å². The largest absolute Gasteiger partial charge is 0.322 e. The van der Waals surface area contributed by atoms with Crippen LogP contribution in [0.25, 0.3) is 4.96 Å². The molecule has 4 rings (SSSR count). The van der Waals surface area contributed by atoms with Crippen LogP contribution in [0.5, 0.6) is 0 Å². The van der Waals surface area contributed by atoms with Gasteiger partial charge in [-0.05, 0) is 19.1 Å². The van der Waals surface area contributed by atoms with Crippen LogP contribution in [-0.2, 0) is 11.3 Å². The number of hydrogen-bond acceptors (Lipinski definition) is 6. The van der Waals surface area contributed by atoms with Crippen molar-refractivity contribution in [2.45, 2.75) is 19.5 Å². The predicted molar refractivity (Wildman–Crippen MR) is 111 cm³/mol. The summed E-state index contributed by atoms with van der Waals surface area (Å²) in [5, 5.41) is 4.35.